The van der Waals surface area contributed by atoms with Crippen LogP contribution in [0.1, 0.15) is 59.0 Å². The van der Waals surface area contributed by atoms with Gasteiger partial charge in [-0.15, -0.1) is 0 Å². The van der Waals surface area contributed by atoms with Crippen LogP contribution < -0.4 is 5.32 Å². The summed E-state index contributed by atoms with van der Waals surface area (Å²) in [5.74, 6) is 1.34. The van der Waals surface area contributed by atoms with Crippen LogP contribution in [0.15, 0.2) is 42.9 Å². The van der Waals surface area contributed by atoms with Crippen LogP contribution in [-0.4, -0.2) is 25.7 Å². The van der Waals surface area contributed by atoms with Crippen LogP contribution in [0.2, 0.25) is 5.02 Å². The summed E-state index contributed by atoms with van der Waals surface area (Å²) < 4.78 is 1.54. The third-order valence-corrected chi connectivity index (χ3v) is 4.85. The summed E-state index contributed by atoms with van der Waals surface area (Å²) in [6.07, 6.45) is 5.15. The van der Waals surface area contributed by atoms with Crippen molar-refractivity contribution in [3.63, 3.8) is 0 Å². The van der Waals surface area contributed by atoms with Crippen LogP contribution in [0.3, 0.4) is 0 Å². The van der Waals surface area contributed by atoms with Gasteiger partial charge in [-0.3, -0.25) is 4.79 Å². The Morgan fingerprint density at radius 2 is 2.14 bits per heavy atom. The predicted octanol–water partition coefficient (Wildman–Crippen LogP) is 3.56. The molecule has 1 saturated carbocycles. The number of amides is 1. The van der Waals surface area contributed by atoms with Crippen LogP contribution in [0, 0.1) is 11.3 Å². The Balaban J connectivity index is 1.54. The van der Waals surface area contributed by atoms with Crippen molar-refractivity contribution in [3.05, 3.63) is 70.4 Å². The highest BCUT2D eigenvalue weighted by atomic mass is 35.5. The molecule has 1 amide bonds. The molecule has 7 nitrogen and oxygen atoms in total. The quantitative estimate of drug-likeness (QED) is 0.716. The number of nitrogens with zero attached hydrogens (tertiary/aromatic N) is 5. The van der Waals surface area contributed by atoms with E-state index in [-0.39, 0.29) is 5.91 Å². The van der Waals surface area contributed by atoms with Crippen LogP contribution in [0.4, 0.5) is 0 Å². The van der Waals surface area contributed by atoms with Crippen LogP contribution in [0.25, 0.3) is 5.82 Å². The summed E-state index contributed by atoms with van der Waals surface area (Å²) in [6.45, 7) is 1.83. The fourth-order valence-electron chi connectivity index (χ4n) is 3.04. The molecule has 0 saturated heterocycles. The lowest BCUT2D eigenvalue weighted by Gasteiger charge is -2.15. The molecule has 8 heteroatoms. The summed E-state index contributed by atoms with van der Waals surface area (Å²) in [5, 5.41) is 16.6. The molecular weight excluding hydrogens is 376 g/mol. The average Bonchev–Trinajstić information content (AvgIpc) is 3.44. The average molecular weight is 393 g/mol. The first-order chi connectivity index (χ1) is 13.5. The molecule has 28 heavy (non-hydrogen) atoms. The maximum absolute atomic E-state index is 12.8. The van der Waals surface area contributed by atoms with Gasteiger partial charge in [-0.2, -0.15) is 15.0 Å². The van der Waals surface area contributed by atoms with Gasteiger partial charge in [-0.25, -0.2) is 9.97 Å². The van der Waals surface area contributed by atoms with Crippen LogP contribution in [-0.2, 0) is 0 Å². The Bertz CT molecular complexity index is 1070. The number of hydrogen-bond acceptors (Lipinski definition) is 5. The summed E-state index contributed by atoms with van der Waals surface area (Å²) in [4.78, 5) is 21.2. The van der Waals surface area contributed by atoms with E-state index < -0.39 is 6.04 Å². The molecule has 1 aliphatic carbocycles. The Kier molecular flexibility index (Phi) is 4.80. The standard InChI is InChI=1S/C20H17ClN6O/c1-12(19-24-11-25-27(19)18-5-2-13(9-22)10-23-18)26-20(28)16-6-15(14-3-4-14)7-17(21)8-16/h2,5-8,10-12,14H,3-4H2,1H3,(H,26,28). The molecule has 1 fully saturated rings. The zero-order valence-electron chi connectivity index (χ0n) is 15.1. The minimum Gasteiger partial charge on any atom is -0.342 e. The smallest absolute Gasteiger partial charge is 0.251 e. The van der Waals surface area contributed by atoms with E-state index in [9.17, 15) is 4.79 Å². The molecule has 3 aromatic rings. The molecule has 140 valence electrons. The van der Waals surface area contributed by atoms with Gasteiger partial charge >= 0.3 is 0 Å². The summed E-state index contributed by atoms with van der Waals surface area (Å²) in [6, 6.07) is 10.5. The van der Waals surface area contributed by atoms with Gasteiger partial charge in [0.05, 0.1) is 11.6 Å². The van der Waals surface area contributed by atoms with Gasteiger partial charge in [0, 0.05) is 16.8 Å². The van der Waals surface area contributed by atoms with Gasteiger partial charge in [-0.1, -0.05) is 11.6 Å². The maximum atomic E-state index is 12.8. The topological polar surface area (TPSA) is 96.5 Å². The summed E-state index contributed by atoms with van der Waals surface area (Å²) >= 11 is 6.19. The molecule has 2 heterocycles. The van der Waals surface area contributed by atoms with Crippen molar-refractivity contribution in [3.8, 4) is 11.9 Å². The van der Waals surface area contributed by atoms with Crippen LogP contribution in [0.5, 0.6) is 0 Å². The molecule has 2 aromatic heterocycles. The zero-order chi connectivity index (χ0) is 19.7. The summed E-state index contributed by atoms with van der Waals surface area (Å²) in [7, 11) is 0. The number of nitrogens with one attached hydrogen (secondary N) is 1. The van der Waals surface area contributed by atoms with Crippen LogP contribution >= 0.6 is 11.6 Å². The number of nitriles is 1. The molecule has 1 aliphatic rings. The lowest BCUT2D eigenvalue weighted by atomic mass is 10.1. The normalized spacial score (nSPS) is 14.3. The lowest BCUT2D eigenvalue weighted by molar-refractivity contribution is 0.0937. The Hall–Kier alpha value is -3.24. The first-order valence-corrected chi connectivity index (χ1v) is 9.30. The van der Waals surface area contributed by atoms with Crippen molar-refractivity contribution in [1.29, 1.82) is 5.26 Å². The van der Waals surface area contributed by atoms with Gasteiger partial charge in [0.1, 0.15) is 12.4 Å². The maximum Gasteiger partial charge on any atom is 0.251 e. The van der Waals surface area contributed by atoms with Crippen molar-refractivity contribution >= 4 is 17.5 Å². The second kappa shape index (κ2) is 7.41. The van der Waals surface area contributed by atoms with E-state index in [1.807, 2.05) is 25.1 Å². The van der Waals surface area contributed by atoms with Gasteiger partial charge in [0.25, 0.3) is 5.91 Å². The first-order valence-electron chi connectivity index (χ1n) is 8.93. The highest BCUT2D eigenvalue weighted by molar-refractivity contribution is 6.31. The van der Waals surface area contributed by atoms with E-state index in [0.717, 1.165) is 18.4 Å². The van der Waals surface area contributed by atoms with E-state index in [4.69, 9.17) is 16.9 Å². The monoisotopic (exact) mass is 392 g/mol. The second-order valence-corrected chi connectivity index (χ2v) is 7.23. The predicted molar refractivity (Wildman–Crippen MR) is 103 cm³/mol. The SMILES string of the molecule is CC(NC(=O)c1cc(Cl)cc(C2CC2)c1)c1ncnn1-c1ccc(C#N)cn1. The van der Waals surface area contributed by atoms with Crippen molar-refractivity contribution in [1.82, 2.24) is 25.1 Å². The number of carbonyl (C=O) groups is 1. The van der Waals surface area contributed by atoms with Gasteiger partial charge in [-0.05, 0) is 61.6 Å². The number of aromatic nitrogens is 4. The Labute approximate surface area is 167 Å². The number of pyridine rings is 1. The molecule has 1 N–H and O–H groups in total. The molecule has 0 bridgehead atoms. The Morgan fingerprint density at radius 1 is 1.32 bits per heavy atom. The third kappa shape index (κ3) is 3.73. The van der Waals surface area contributed by atoms with E-state index >= 15 is 0 Å². The second-order valence-electron chi connectivity index (χ2n) is 6.79. The minimum atomic E-state index is -0.407. The summed E-state index contributed by atoms with van der Waals surface area (Å²) in [5.41, 5.74) is 2.10. The fraction of sp³-hybridized carbons (Fsp3) is 0.250. The number of halogens is 1. The van der Waals surface area contributed by atoms with E-state index in [1.165, 1.54) is 12.5 Å². The minimum absolute atomic E-state index is 0.223. The third-order valence-electron chi connectivity index (χ3n) is 4.63. The number of carbonyl (C=O) groups excluding carboxylic acids is 1. The van der Waals surface area contributed by atoms with Crippen molar-refractivity contribution in [2.45, 2.75) is 31.7 Å². The number of rotatable bonds is 5. The van der Waals surface area contributed by atoms with Gasteiger partial charge in [0.15, 0.2) is 11.6 Å². The van der Waals surface area contributed by atoms with E-state index in [2.05, 4.69) is 20.4 Å². The molecule has 1 unspecified atom stereocenters. The highest BCUT2D eigenvalue weighted by Gasteiger charge is 2.25. The lowest BCUT2D eigenvalue weighted by Crippen LogP contribution is -2.29. The van der Waals surface area contributed by atoms with Crippen molar-refractivity contribution in [2.75, 3.05) is 0 Å². The molecule has 0 spiro atoms. The zero-order valence-corrected chi connectivity index (χ0v) is 15.9. The number of benzene rings is 1. The molecular formula is C20H17ClN6O. The largest absolute Gasteiger partial charge is 0.342 e. The van der Waals surface area contributed by atoms with E-state index in [0.29, 0.717) is 33.7 Å². The molecule has 1 atom stereocenters. The highest BCUT2D eigenvalue weighted by Crippen LogP contribution is 2.41. The fourth-order valence-corrected chi connectivity index (χ4v) is 3.28. The number of hydrogen-bond donors (Lipinski definition) is 1. The van der Waals surface area contributed by atoms with Crippen molar-refractivity contribution in [2.24, 2.45) is 0 Å². The molecule has 0 radical (unpaired) electrons. The molecule has 4 rings (SSSR count). The molecule has 0 aliphatic heterocycles. The Morgan fingerprint density at radius 3 is 2.82 bits per heavy atom. The first kappa shape index (κ1) is 18.1. The van der Waals surface area contributed by atoms with Crippen molar-refractivity contribution < 1.29 is 4.79 Å². The van der Waals surface area contributed by atoms with Gasteiger partial charge < -0.3 is 5.32 Å². The van der Waals surface area contributed by atoms with E-state index in [1.54, 1.807) is 22.9 Å². The van der Waals surface area contributed by atoms with Gasteiger partial charge in [0.2, 0.25) is 0 Å². The molecule has 1 aromatic carbocycles.